The third-order valence-corrected chi connectivity index (χ3v) is 3.83. The maximum Gasteiger partial charge on any atom is 0.122 e. The normalized spacial score (nSPS) is 11.5. The maximum atomic E-state index is 5.27. The van der Waals surface area contributed by atoms with Crippen LogP contribution in [0.15, 0.2) is 48.5 Å². The van der Waals surface area contributed by atoms with Crippen LogP contribution in [0.5, 0.6) is 5.75 Å². The van der Waals surface area contributed by atoms with E-state index in [2.05, 4.69) is 78.8 Å². The summed E-state index contributed by atoms with van der Waals surface area (Å²) in [5.74, 6) is 0.977. The molecule has 0 aromatic heterocycles. The molecule has 0 amide bonds. The molecule has 0 aliphatic heterocycles. The van der Waals surface area contributed by atoms with Crippen molar-refractivity contribution in [3.8, 4) is 5.75 Å². The van der Waals surface area contributed by atoms with E-state index in [0.29, 0.717) is 0 Å². The highest BCUT2D eigenvalue weighted by atomic mass is 16.5. The molecular formula is C22H32O. The predicted octanol–water partition coefficient (Wildman–Crippen LogP) is 6.29. The van der Waals surface area contributed by atoms with Gasteiger partial charge in [0.1, 0.15) is 5.75 Å². The summed E-state index contributed by atoms with van der Waals surface area (Å²) in [6, 6.07) is 16.9. The second-order valence-corrected chi connectivity index (χ2v) is 8.07. The maximum absolute atomic E-state index is 5.27. The molecule has 0 radical (unpaired) electrons. The summed E-state index contributed by atoms with van der Waals surface area (Å²) < 4.78 is 5.27. The van der Waals surface area contributed by atoms with Crippen molar-refractivity contribution in [1.29, 1.82) is 0 Å². The van der Waals surface area contributed by atoms with E-state index in [-0.39, 0.29) is 10.8 Å². The van der Waals surface area contributed by atoms with Gasteiger partial charge in [-0.1, -0.05) is 89.6 Å². The lowest BCUT2D eigenvalue weighted by Crippen LogP contribution is -2.12. The topological polar surface area (TPSA) is 9.23 Å². The van der Waals surface area contributed by atoms with E-state index >= 15 is 0 Å². The van der Waals surface area contributed by atoms with E-state index < -0.39 is 0 Å². The van der Waals surface area contributed by atoms with Crippen molar-refractivity contribution in [2.45, 2.75) is 59.3 Å². The van der Waals surface area contributed by atoms with Crippen LogP contribution in [-0.4, -0.2) is 7.11 Å². The molecule has 1 heteroatoms. The number of hydrogen-bond acceptors (Lipinski definition) is 1. The smallest absolute Gasteiger partial charge is 0.122 e. The number of hydrogen-bond donors (Lipinski definition) is 0. The first kappa shape index (κ1) is 19.3. The Bertz CT molecular complexity index is 595. The van der Waals surface area contributed by atoms with E-state index in [1.165, 1.54) is 16.7 Å². The first-order valence-electron chi connectivity index (χ1n) is 8.26. The zero-order valence-corrected chi connectivity index (χ0v) is 16.0. The van der Waals surface area contributed by atoms with Crippen molar-refractivity contribution in [3.05, 3.63) is 65.2 Å². The van der Waals surface area contributed by atoms with E-state index in [1.807, 2.05) is 18.2 Å². The molecule has 2 aromatic rings. The highest BCUT2D eigenvalue weighted by molar-refractivity contribution is 5.38. The summed E-state index contributed by atoms with van der Waals surface area (Å²) in [5, 5.41) is 0. The Kier molecular flexibility index (Phi) is 6.44. The third kappa shape index (κ3) is 6.09. The van der Waals surface area contributed by atoms with E-state index in [0.717, 1.165) is 5.75 Å². The Morgan fingerprint density at radius 3 is 1.61 bits per heavy atom. The molecule has 126 valence electrons. The molecule has 0 heterocycles. The largest absolute Gasteiger partial charge is 0.496 e. The number of benzene rings is 2. The van der Waals surface area contributed by atoms with Crippen LogP contribution >= 0.6 is 0 Å². The van der Waals surface area contributed by atoms with Crippen molar-refractivity contribution < 1.29 is 4.74 Å². The molecule has 0 N–H and O–H groups in total. The van der Waals surface area contributed by atoms with Crippen LogP contribution in [0.4, 0.5) is 0 Å². The van der Waals surface area contributed by atoms with Gasteiger partial charge in [0, 0.05) is 0 Å². The first-order valence-corrected chi connectivity index (χ1v) is 8.26. The monoisotopic (exact) mass is 312 g/mol. The molecule has 2 aromatic carbocycles. The van der Waals surface area contributed by atoms with Gasteiger partial charge in [-0.15, -0.1) is 0 Å². The highest BCUT2D eigenvalue weighted by Crippen LogP contribution is 2.30. The molecule has 23 heavy (non-hydrogen) atoms. The number of rotatable bonds is 1. The van der Waals surface area contributed by atoms with Crippen molar-refractivity contribution >= 4 is 0 Å². The van der Waals surface area contributed by atoms with Crippen LogP contribution in [0, 0.1) is 6.92 Å². The molecule has 0 aliphatic carbocycles. The predicted molar refractivity (Wildman–Crippen MR) is 102 cm³/mol. The summed E-state index contributed by atoms with van der Waals surface area (Å²) in [6.07, 6.45) is 0. The summed E-state index contributed by atoms with van der Waals surface area (Å²) in [5.41, 5.74) is 4.44. The molecular weight excluding hydrogens is 280 g/mol. The Labute approximate surface area is 142 Å². The molecule has 1 nitrogen and oxygen atoms in total. The quantitative estimate of drug-likeness (QED) is 0.601. The Morgan fingerprint density at radius 1 is 0.696 bits per heavy atom. The van der Waals surface area contributed by atoms with Crippen molar-refractivity contribution in [2.24, 2.45) is 0 Å². The van der Waals surface area contributed by atoms with Gasteiger partial charge in [0.05, 0.1) is 7.11 Å². The molecule has 0 aliphatic rings. The number of ether oxygens (including phenoxy) is 1. The summed E-state index contributed by atoms with van der Waals surface area (Å²) >= 11 is 0. The van der Waals surface area contributed by atoms with Gasteiger partial charge in [-0.05, 0) is 34.9 Å². The zero-order chi connectivity index (χ0) is 17.7. The molecule has 0 unspecified atom stereocenters. The Balaban J connectivity index is 0.000000231. The van der Waals surface area contributed by atoms with Gasteiger partial charge in [0.15, 0.2) is 0 Å². The minimum absolute atomic E-state index is 0.159. The van der Waals surface area contributed by atoms with Gasteiger partial charge >= 0.3 is 0 Å². The van der Waals surface area contributed by atoms with Crippen molar-refractivity contribution in [3.63, 3.8) is 0 Å². The average Bonchev–Trinajstić information content (AvgIpc) is 2.46. The number of aryl methyl sites for hydroxylation is 1. The van der Waals surface area contributed by atoms with Crippen molar-refractivity contribution in [2.75, 3.05) is 7.11 Å². The fraction of sp³-hybridized carbons (Fsp3) is 0.455. The van der Waals surface area contributed by atoms with Crippen molar-refractivity contribution in [1.82, 2.24) is 0 Å². The Hall–Kier alpha value is -1.76. The average molecular weight is 312 g/mol. The first-order chi connectivity index (χ1) is 10.6. The molecule has 0 atom stereocenters. The number of para-hydroxylation sites is 1. The molecule has 0 saturated carbocycles. The molecule has 0 fully saturated rings. The van der Waals surface area contributed by atoms with Crippen LogP contribution < -0.4 is 4.74 Å². The van der Waals surface area contributed by atoms with Crippen LogP contribution in [-0.2, 0) is 10.8 Å². The molecule has 0 spiro atoms. The second-order valence-electron chi connectivity index (χ2n) is 8.07. The summed E-state index contributed by atoms with van der Waals surface area (Å²) in [4.78, 5) is 0. The molecule has 0 saturated heterocycles. The van der Waals surface area contributed by atoms with E-state index in [9.17, 15) is 0 Å². The van der Waals surface area contributed by atoms with E-state index in [1.54, 1.807) is 7.11 Å². The second kappa shape index (κ2) is 7.68. The SMILES string of the molecule is COc1ccccc1C(C)(C)C.Cc1ccc(C(C)(C)C)cc1. The minimum atomic E-state index is 0.159. The van der Waals surface area contributed by atoms with Crippen LogP contribution in [0.25, 0.3) is 0 Å². The third-order valence-electron chi connectivity index (χ3n) is 3.83. The fourth-order valence-corrected chi connectivity index (χ4v) is 2.32. The van der Waals surface area contributed by atoms with Gasteiger partial charge in [0.25, 0.3) is 0 Å². The lowest BCUT2D eigenvalue weighted by Gasteiger charge is -2.21. The number of methoxy groups -OCH3 is 1. The lowest BCUT2D eigenvalue weighted by molar-refractivity contribution is 0.397. The van der Waals surface area contributed by atoms with Gasteiger partial charge < -0.3 is 4.74 Å². The standard InChI is InChI=1S/C11H16O.C11H16/c1-11(2,3)9-7-5-6-8-10(9)12-4;1-9-5-7-10(8-6-9)11(2,3)4/h5-8H,1-4H3;5-8H,1-4H3. The van der Waals surface area contributed by atoms with Gasteiger partial charge in [0.2, 0.25) is 0 Å². The summed E-state index contributed by atoms with van der Waals surface area (Å²) in [7, 11) is 1.71. The lowest BCUT2D eigenvalue weighted by atomic mass is 9.86. The molecule has 2 rings (SSSR count). The van der Waals surface area contributed by atoms with Gasteiger partial charge in [-0.25, -0.2) is 0 Å². The Morgan fingerprint density at radius 2 is 1.22 bits per heavy atom. The minimum Gasteiger partial charge on any atom is -0.496 e. The fourth-order valence-electron chi connectivity index (χ4n) is 2.32. The van der Waals surface area contributed by atoms with Crippen LogP contribution in [0.2, 0.25) is 0 Å². The van der Waals surface area contributed by atoms with Gasteiger partial charge in [-0.3, -0.25) is 0 Å². The van der Waals surface area contributed by atoms with Gasteiger partial charge in [-0.2, -0.15) is 0 Å². The van der Waals surface area contributed by atoms with E-state index in [4.69, 9.17) is 4.74 Å². The molecule has 0 bridgehead atoms. The van der Waals surface area contributed by atoms with Crippen LogP contribution in [0.3, 0.4) is 0 Å². The van der Waals surface area contributed by atoms with Crippen LogP contribution in [0.1, 0.15) is 58.2 Å². The zero-order valence-electron chi connectivity index (χ0n) is 16.0. The highest BCUT2D eigenvalue weighted by Gasteiger charge is 2.17. The summed E-state index contributed by atoms with van der Waals surface area (Å²) in [6.45, 7) is 15.4.